The van der Waals surface area contributed by atoms with Crippen molar-refractivity contribution >= 4 is 22.3 Å². The first-order valence-electron chi connectivity index (χ1n) is 10.6. The van der Waals surface area contributed by atoms with Crippen LogP contribution in [-0.4, -0.2) is 48.9 Å². The summed E-state index contributed by atoms with van der Waals surface area (Å²) in [6.07, 6.45) is 7.54. The van der Waals surface area contributed by atoms with Crippen molar-refractivity contribution in [3.63, 3.8) is 0 Å². The van der Waals surface area contributed by atoms with Crippen molar-refractivity contribution < 1.29 is 9.26 Å². The zero-order valence-electron chi connectivity index (χ0n) is 17.8. The van der Waals surface area contributed by atoms with E-state index in [4.69, 9.17) is 9.26 Å². The summed E-state index contributed by atoms with van der Waals surface area (Å²) >= 11 is 1.47. The Hall–Kier alpha value is -3.01. The van der Waals surface area contributed by atoms with Crippen molar-refractivity contribution in [2.45, 2.75) is 45.6 Å². The van der Waals surface area contributed by atoms with E-state index in [0.29, 0.717) is 17.1 Å². The van der Waals surface area contributed by atoms with Gasteiger partial charge in [0.2, 0.25) is 4.96 Å². The van der Waals surface area contributed by atoms with Crippen LogP contribution >= 0.6 is 11.3 Å². The quantitative estimate of drug-likeness (QED) is 0.444. The Morgan fingerprint density at radius 1 is 1.13 bits per heavy atom. The highest BCUT2D eigenvalue weighted by Gasteiger charge is 2.28. The molecule has 1 aliphatic rings. The minimum absolute atomic E-state index is 0.0755. The number of pyridine rings is 1. The van der Waals surface area contributed by atoms with E-state index in [1.807, 2.05) is 18.3 Å². The van der Waals surface area contributed by atoms with Gasteiger partial charge in [-0.25, -0.2) is 9.50 Å². The number of rotatable bonds is 6. The molecule has 0 N–H and O–H groups in total. The van der Waals surface area contributed by atoms with E-state index in [1.165, 1.54) is 11.3 Å². The summed E-state index contributed by atoms with van der Waals surface area (Å²) in [7, 11) is 0. The van der Waals surface area contributed by atoms with Crippen LogP contribution in [0, 0.1) is 5.92 Å². The molecule has 0 radical (unpaired) electrons. The molecule has 0 saturated carbocycles. The van der Waals surface area contributed by atoms with Crippen molar-refractivity contribution in [1.29, 1.82) is 0 Å². The Balaban J connectivity index is 1.19. The molecule has 0 aliphatic carbocycles. The number of anilines is 1. The molecule has 0 aromatic carbocycles. The normalized spacial score (nSPS) is 16.3. The first kappa shape index (κ1) is 19.9. The molecule has 5 heterocycles. The second-order valence-electron chi connectivity index (χ2n) is 8.19. The maximum atomic E-state index is 6.19. The number of nitrogens with zero attached hydrogens (tertiary/aromatic N) is 7. The second-order valence-corrected chi connectivity index (χ2v) is 9.11. The van der Waals surface area contributed by atoms with Crippen LogP contribution in [0.4, 0.5) is 6.01 Å². The second kappa shape index (κ2) is 8.26. The monoisotopic (exact) mass is 439 g/mol. The number of hydrogen-bond donors (Lipinski definition) is 0. The Morgan fingerprint density at radius 2 is 1.90 bits per heavy atom. The summed E-state index contributed by atoms with van der Waals surface area (Å²) in [6, 6.07) is 4.51. The molecule has 1 saturated heterocycles. The molecule has 4 aromatic rings. The van der Waals surface area contributed by atoms with Crippen LogP contribution in [0.3, 0.4) is 0 Å². The van der Waals surface area contributed by atoms with Gasteiger partial charge in [-0.1, -0.05) is 19.0 Å². The fraction of sp³-hybridized carbons (Fsp3) is 0.476. The Kier molecular flexibility index (Phi) is 5.31. The molecule has 0 unspecified atom stereocenters. The van der Waals surface area contributed by atoms with E-state index in [1.54, 1.807) is 16.9 Å². The van der Waals surface area contributed by atoms with Gasteiger partial charge in [0.15, 0.2) is 5.82 Å². The van der Waals surface area contributed by atoms with Gasteiger partial charge >= 0.3 is 6.01 Å². The van der Waals surface area contributed by atoms with Crippen LogP contribution in [0.1, 0.15) is 45.4 Å². The number of ether oxygens (including phenoxy) is 1. The lowest BCUT2D eigenvalue weighted by Crippen LogP contribution is -2.38. The van der Waals surface area contributed by atoms with Crippen LogP contribution in [-0.2, 0) is 0 Å². The molecule has 31 heavy (non-hydrogen) atoms. The van der Waals surface area contributed by atoms with E-state index < -0.39 is 0 Å². The fourth-order valence-corrected chi connectivity index (χ4v) is 4.61. The summed E-state index contributed by atoms with van der Waals surface area (Å²) in [5.74, 6) is 1.48. The smallest absolute Gasteiger partial charge is 0.324 e. The third-order valence-corrected chi connectivity index (χ3v) is 6.52. The molecular formula is C21H25N7O2S. The number of aromatic nitrogens is 6. The highest BCUT2D eigenvalue weighted by Crippen LogP contribution is 2.30. The van der Waals surface area contributed by atoms with Gasteiger partial charge in [0.25, 0.3) is 5.19 Å². The van der Waals surface area contributed by atoms with Gasteiger partial charge in [-0.2, -0.15) is 4.98 Å². The summed E-state index contributed by atoms with van der Waals surface area (Å²) < 4.78 is 13.4. The minimum Gasteiger partial charge on any atom is -0.466 e. The molecule has 1 fully saturated rings. The zero-order valence-corrected chi connectivity index (χ0v) is 18.6. The molecule has 0 amide bonds. The number of piperidine rings is 1. The van der Waals surface area contributed by atoms with Gasteiger partial charge < -0.3 is 14.2 Å². The Labute approximate surface area is 184 Å². The van der Waals surface area contributed by atoms with Crippen molar-refractivity contribution in [3.05, 3.63) is 36.5 Å². The maximum Gasteiger partial charge on any atom is 0.324 e. The first-order valence-corrected chi connectivity index (χ1v) is 11.4. The van der Waals surface area contributed by atoms with Crippen molar-refractivity contribution in [3.8, 4) is 16.5 Å². The number of hydrogen-bond acceptors (Lipinski definition) is 9. The van der Waals surface area contributed by atoms with Gasteiger partial charge in [0.1, 0.15) is 6.10 Å². The molecule has 162 valence electrons. The minimum atomic E-state index is 0.0755. The standard InChI is InChI=1S/C21H25N7O2S/c1-13(2)18-24-19(30-26-18)27-10-6-15(7-11-27)14(3)29-21-25-28-12-17(23-20(28)31-21)16-4-8-22-9-5-16/h4-5,8-9,12-15H,6-7,10-11H2,1-3H3/t14-/m1/s1. The summed E-state index contributed by atoms with van der Waals surface area (Å²) in [4.78, 5) is 16.2. The molecule has 9 nitrogen and oxygen atoms in total. The SMILES string of the molecule is CC(C)c1noc(N2CCC([C@@H](C)Oc3nn4cc(-c5ccncc5)nc4s3)CC2)n1. The average Bonchev–Trinajstić information content (AvgIpc) is 3.50. The summed E-state index contributed by atoms with van der Waals surface area (Å²) in [5.41, 5.74) is 1.91. The molecule has 1 aliphatic heterocycles. The maximum absolute atomic E-state index is 6.19. The predicted octanol–water partition coefficient (Wildman–Crippen LogP) is 4.04. The topological polar surface area (TPSA) is 94.5 Å². The van der Waals surface area contributed by atoms with Gasteiger partial charge in [0, 0.05) is 37.0 Å². The fourth-order valence-electron chi connectivity index (χ4n) is 3.80. The molecule has 0 bridgehead atoms. The molecule has 1 atom stereocenters. The lowest BCUT2D eigenvalue weighted by molar-refractivity contribution is 0.130. The van der Waals surface area contributed by atoms with Crippen molar-refractivity contribution in [2.75, 3.05) is 18.0 Å². The van der Waals surface area contributed by atoms with Gasteiger partial charge in [-0.15, -0.1) is 5.10 Å². The Morgan fingerprint density at radius 3 is 2.58 bits per heavy atom. The molecular weight excluding hydrogens is 414 g/mol. The van der Waals surface area contributed by atoms with E-state index in [0.717, 1.165) is 48.0 Å². The third kappa shape index (κ3) is 4.12. The van der Waals surface area contributed by atoms with E-state index in [9.17, 15) is 0 Å². The lowest BCUT2D eigenvalue weighted by Gasteiger charge is -2.33. The zero-order chi connectivity index (χ0) is 21.4. The molecule has 5 rings (SSSR count). The van der Waals surface area contributed by atoms with E-state index in [-0.39, 0.29) is 12.0 Å². The van der Waals surface area contributed by atoms with Gasteiger partial charge in [-0.3, -0.25) is 4.98 Å². The van der Waals surface area contributed by atoms with Gasteiger partial charge in [-0.05, 0) is 49.2 Å². The van der Waals surface area contributed by atoms with E-state index in [2.05, 4.69) is 50.9 Å². The molecule has 0 spiro atoms. The first-order chi connectivity index (χ1) is 15.1. The van der Waals surface area contributed by atoms with Gasteiger partial charge in [0.05, 0.1) is 11.9 Å². The van der Waals surface area contributed by atoms with Crippen molar-refractivity contribution in [2.24, 2.45) is 5.92 Å². The highest BCUT2D eigenvalue weighted by atomic mass is 32.1. The van der Waals surface area contributed by atoms with Crippen LogP contribution < -0.4 is 9.64 Å². The lowest BCUT2D eigenvalue weighted by atomic mass is 9.92. The number of imidazole rings is 1. The van der Waals surface area contributed by atoms with Crippen LogP contribution in [0.2, 0.25) is 0 Å². The predicted molar refractivity (Wildman–Crippen MR) is 118 cm³/mol. The van der Waals surface area contributed by atoms with Crippen LogP contribution in [0.15, 0.2) is 35.2 Å². The number of fused-ring (bicyclic) bond motifs is 1. The van der Waals surface area contributed by atoms with E-state index >= 15 is 0 Å². The summed E-state index contributed by atoms with van der Waals surface area (Å²) in [5, 5.41) is 9.29. The third-order valence-electron chi connectivity index (χ3n) is 5.71. The molecule has 4 aromatic heterocycles. The average molecular weight is 440 g/mol. The molecule has 10 heteroatoms. The van der Waals surface area contributed by atoms with Crippen LogP contribution in [0.5, 0.6) is 5.19 Å². The Bertz CT molecular complexity index is 1110. The highest BCUT2D eigenvalue weighted by molar-refractivity contribution is 7.18. The van der Waals surface area contributed by atoms with Crippen LogP contribution in [0.25, 0.3) is 16.2 Å². The largest absolute Gasteiger partial charge is 0.466 e. The summed E-state index contributed by atoms with van der Waals surface area (Å²) in [6.45, 7) is 8.02. The van der Waals surface area contributed by atoms with Crippen molar-refractivity contribution in [1.82, 2.24) is 29.7 Å².